The number of fused-ring (bicyclic) bond motifs is 1. The van der Waals surface area contributed by atoms with Crippen LogP contribution in [0.1, 0.15) is 27.2 Å². The largest absolute Gasteiger partial charge is 0.352 e. The van der Waals surface area contributed by atoms with Crippen LogP contribution >= 0.6 is 0 Å². The number of nitrogens with zero attached hydrogens (tertiary/aromatic N) is 4. The highest BCUT2D eigenvalue weighted by Crippen LogP contribution is 2.18. The Morgan fingerprint density at radius 2 is 2.13 bits per heavy atom. The molecule has 0 radical (unpaired) electrons. The van der Waals surface area contributed by atoms with Crippen LogP contribution in [0, 0.1) is 0 Å². The molecular weight excluding hydrogens is 290 g/mol. The monoisotopic (exact) mass is 305 g/mol. The number of pyridine rings is 2. The fourth-order valence-corrected chi connectivity index (χ4v) is 2.82. The average molecular weight is 305 g/mol. The molecule has 1 amide bonds. The van der Waals surface area contributed by atoms with Gasteiger partial charge in [0, 0.05) is 31.6 Å². The van der Waals surface area contributed by atoms with Crippen molar-refractivity contribution in [2.75, 3.05) is 6.54 Å². The summed E-state index contributed by atoms with van der Waals surface area (Å²) in [6.07, 6.45) is 8.56. The number of hydrogen-bond donors (Lipinski definition) is 1. The number of hydrogen-bond acceptors (Lipinski definition) is 4. The molecule has 3 aromatic rings. The van der Waals surface area contributed by atoms with Gasteiger partial charge in [-0.05, 0) is 35.7 Å². The highest BCUT2D eigenvalue weighted by atomic mass is 16.1. The lowest BCUT2D eigenvalue weighted by Gasteiger charge is -2.14. The number of rotatable bonds is 3. The molecule has 23 heavy (non-hydrogen) atoms. The van der Waals surface area contributed by atoms with Crippen LogP contribution in [-0.2, 0) is 12.8 Å². The molecule has 0 unspecified atom stereocenters. The molecular formula is C17H15N5O. The van der Waals surface area contributed by atoms with E-state index in [4.69, 9.17) is 0 Å². The summed E-state index contributed by atoms with van der Waals surface area (Å²) in [4.78, 5) is 20.4. The van der Waals surface area contributed by atoms with Gasteiger partial charge in [0.2, 0.25) is 0 Å². The van der Waals surface area contributed by atoms with E-state index in [9.17, 15) is 4.79 Å². The molecule has 0 saturated heterocycles. The van der Waals surface area contributed by atoms with Gasteiger partial charge in [-0.2, -0.15) is 5.10 Å². The van der Waals surface area contributed by atoms with Crippen LogP contribution in [0.15, 0.2) is 49.1 Å². The van der Waals surface area contributed by atoms with Crippen molar-refractivity contribution >= 4 is 5.91 Å². The van der Waals surface area contributed by atoms with E-state index < -0.39 is 0 Å². The lowest BCUT2D eigenvalue weighted by Crippen LogP contribution is -2.32. The van der Waals surface area contributed by atoms with Gasteiger partial charge in [0.15, 0.2) is 5.82 Å². The molecule has 0 fully saturated rings. The minimum atomic E-state index is -0.0657. The molecule has 0 aliphatic carbocycles. The van der Waals surface area contributed by atoms with Crippen LogP contribution in [-0.4, -0.2) is 32.2 Å². The van der Waals surface area contributed by atoms with Crippen molar-refractivity contribution in [1.29, 1.82) is 0 Å². The number of nitrogens with one attached hydrogen (secondary N) is 1. The summed E-state index contributed by atoms with van der Waals surface area (Å²) in [5, 5.41) is 7.18. The third-order valence-electron chi connectivity index (χ3n) is 3.92. The van der Waals surface area contributed by atoms with Gasteiger partial charge in [-0.3, -0.25) is 9.78 Å². The minimum Gasteiger partial charge on any atom is -0.352 e. The zero-order valence-corrected chi connectivity index (χ0v) is 12.4. The second-order valence-corrected chi connectivity index (χ2v) is 5.48. The lowest BCUT2D eigenvalue weighted by atomic mass is 10.1. The number of carbonyl (C=O) groups is 1. The van der Waals surface area contributed by atoms with Gasteiger partial charge < -0.3 is 5.32 Å². The van der Waals surface area contributed by atoms with Crippen LogP contribution in [0.25, 0.3) is 5.82 Å². The van der Waals surface area contributed by atoms with Crippen molar-refractivity contribution in [3.05, 3.63) is 71.4 Å². The number of carbonyl (C=O) groups excluding carboxylic acids is 1. The predicted molar refractivity (Wildman–Crippen MR) is 84.4 cm³/mol. The molecule has 3 aromatic heterocycles. The van der Waals surface area contributed by atoms with E-state index in [-0.39, 0.29) is 5.91 Å². The third kappa shape index (κ3) is 2.59. The van der Waals surface area contributed by atoms with Gasteiger partial charge >= 0.3 is 0 Å². The average Bonchev–Trinajstić information content (AvgIpc) is 3.02. The van der Waals surface area contributed by atoms with E-state index in [1.807, 2.05) is 30.5 Å². The maximum atomic E-state index is 11.8. The van der Waals surface area contributed by atoms with Crippen molar-refractivity contribution in [2.24, 2.45) is 0 Å². The summed E-state index contributed by atoms with van der Waals surface area (Å²) in [7, 11) is 0. The summed E-state index contributed by atoms with van der Waals surface area (Å²) in [5.74, 6) is 0.673. The normalized spacial score (nSPS) is 13.5. The Balaban J connectivity index is 1.68. The Hall–Kier alpha value is -3.02. The fraction of sp³-hybridized carbons (Fsp3) is 0.176. The Morgan fingerprint density at radius 1 is 1.17 bits per heavy atom. The predicted octanol–water partition coefficient (Wildman–Crippen LogP) is 1.54. The van der Waals surface area contributed by atoms with Gasteiger partial charge in [-0.15, -0.1) is 0 Å². The second kappa shape index (κ2) is 5.64. The van der Waals surface area contributed by atoms with Crippen LogP contribution in [0.2, 0.25) is 0 Å². The highest BCUT2D eigenvalue weighted by Gasteiger charge is 2.22. The summed E-state index contributed by atoms with van der Waals surface area (Å²) < 4.78 is 1.76. The van der Waals surface area contributed by atoms with E-state index in [1.54, 1.807) is 23.3 Å². The van der Waals surface area contributed by atoms with E-state index in [0.29, 0.717) is 12.1 Å². The van der Waals surface area contributed by atoms with Crippen molar-refractivity contribution in [1.82, 2.24) is 25.1 Å². The summed E-state index contributed by atoms with van der Waals surface area (Å²) in [6.45, 7) is 0.632. The smallest absolute Gasteiger partial charge is 0.254 e. The Labute approximate surface area is 133 Å². The van der Waals surface area contributed by atoms with Gasteiger partial charge in [0.1, 0.15) is 0 Å². The molecule has 1 N–H and O–H groups in total. The van der Waals surface area contributed by atoms with Crippen LogP contribution in [0.4, 0.5) is 0 Å². The van der Waals surface area contributed by atoms with Crippen LogP contribution in [0.3, 0.4) is 0 Å². The maximum absolute atomic E-state index is 11.8. The first-order valence-electron chi connectivity index (χ1n) is 7.50. The molecule has 114 valence electrons. The highest BCUT2D eigenvalue weighted by molar-refractivity contribution is 5.96. The fourth-order valence-electron chi connectivity index (χ4n) is 2.82. The molecule has 6 heteroatoms. The molecule has 6 nitrogen and oxygen atoms in total. The standard InChI is InChI=1S/C17H15N5O/c23-17-14-11-21-22(15(14)4-7-20-17)16-9-12(3-6-19-16)8-13-2-1-5-18-10-13/h1-3,5-6,9-11H,4,7-8H2,(H,20,23). The molecule has 1 aliphatic heterocycles. The van der Waals surface area contributed by atoms with E-state index >= 15 is 0 Å². The van der Waals surface area contributed by atoms with Gasteiger partial charge in [-0.25, -0.2) is 9.67 Å². The Morgan fingerprint density at radius 3 is 3.00 bits per heavy atom. The molecule has 4 heterocycles. The zero-order valence-electron chi connectivity index (χ0n) is 12.4. The zero-order chi connectivity index (χ0) is 15.6. The summed E-state index contributed by atoms with van der Waals surface area (Å²) >= 11 is 0. The van der Waals surface area contributed by atoms with Crippen molar-refractivity contribution in [2.45, 2.75) is 12.8 Å². The quantitative estimate of drug-likeness (QED) is 0.796. The topological polar surface area (TPSA) is 72.7 Å². The van der Waals surface area contributed by atoms with Crippen molar-refractivity contribution in [3.8, 4) is 5.82 Å². The minimum absolute atomic E-state index is 0.0657. The summed E-state index contributed by atoms with van der Waals surface area (Å²) in [6, 6.07) is 7.97. The molecule has 0 atom stereocenters. The Bertz CT molecular complexity index is 856. The van der Waals surface area contributed by atoms with Crippen LogP contribution in [0.5, 0.6) is 0 Å². The number of aromatic nitrogens is 4. The molecule has 4 rings (SSSR count). The van der Waals surface area contributed by atoms with E-state index in [2.05, 4.69) is 20.4 Å². The summed E-state index contributed by atoms with van der Waals surface area (Å²) in [5.41, 5.74) is 3.83. The lowest BCUT2D eigenvalue weighted by molar-refractivity contribution is 0.0945. The molecule has 0 spiro atoms. The number of amides is 1. The van der Waals surface area contributed by atoms with Crippen LogP contribution < -0.4 is 5.32 Å². The third-order valence-corrected chi connectivity index (χ3v) is 3.92. The first-order valence-corrected chi connectivity index (χ1v) is 7.50. The van der Waals surface area contributed by atoms with Gasteiger partial charge in [0.05, 0.1) is 17.5 Å². The first kappa shape index (κ1) is 13.6. The van der Waals surface area contributed by atoms with Crippen molar-refractivity contribution < 1.29 is 4.79 Å². The van der Waals surface area contributed by atoms with Crippen molar-refractivity contribution in [3.63, 3.8) is 0 Å². The van der Waals surface area contributed by atoms with E-state index in [1.165, 1.54) is 0 Å². The molecule has 0 aromatic carbocycles. The van der Waals surface area contributed by atoms with E-state index in [0.717, 1.165) is 35.5 Å². The molecule has 1 aliphatic rings. The maximum Gasteiger partial charge on any atom is 0.254 e. The Kier molecular flexibility index (Phi) is 3.34. The van der Waals surface area contributed by atoms with Gasteiger partial charge in [0.25, 0.3) is 5.91 Å². The van der Waals surface area contributed by atoms with Gasteiger partial charge in [-0.1, -0.05) is 6.07 Å². The SMILES string of the molecule is O=C1NCCc2c1cnn2-c1cc(Cc2cccnc2)ccn1. The first-order chi connectivity index (χ1) is 11.3. The molecule has 0 saturated carbocycles. The molecule has 0 bridgehead atoms. The second-order valence-electron chi connectivity index (χ2n) is 5.48.